The Bertz CT molecular complexity index is 494. The number of piperazine rings is 1. The van der Waals surface area contributed by atoms with E-state index in [0.717, 1.165) is 25.0 Å². The summed E-state index contributed by atoms with van der Waals surface area (Å²) in [6, 6.07) is 10.5. The van der Waals surface area contributed by atoms with Crippen molar-refractivity contribution in [2.45, 2.75) is 33.3 Å². The highest BCUT2D eigenvalue weighted by Crippen LogP contribution is 2.53. The van der Waals surface area contributed by atoms with Gasteiger partial charge >= 0.3 is 0 Å². The van der Waals surface area contributed by atoms with Crippen LogP contribution in [0.15, 0.2) is 30.3 Å². The van der Waals surface area contributed by atoms with Gasteiger partial charge in [0.25, 0.3) is 0 Å². The standard InChI is InChI=1S/C21H34N2O/c1-21(2)19(9-14-24-17-18-7-5-4-6-8-18)15-20(21)16-23-12-10-22(3)11-13-23/h4-8,19-20H,9-17H2,1-3H3/t19-,20-/m0/s1. The summed E-state index contributed by atoms with van der Waals surface area (Å²) >= 11 is 0. The van der Waals surface area contributed by atoms with Gasteiger partial charge in [-0.25, -0.2) is 0 Å². The van der Waals surface area contributed by atoms with Crippen LogP contribution < -0.4 is 0 Å². The summed E-state index contributed by atoms with van der Waals surface area (Å²) in [6.45, 7) is 12.8. The molecule has 1 aliphatic heterocycles. The Morgan fingerprint density at radius 2 is 1.75 bits per heavy atom. The lowest BCUT2D eigenvalue weighted by Gasteiger charge is -2.54. The van der Waals surface area contributed by atoms with Crippen LogP contribution in [0.2, 0.25) is 0 Å². The molecule has 1 saturated heterocycles. The van der Waals surface area contributed by atoms with Crippen molar-refractivity contribution in [3.63, 3.8) is 0 Å². The second-order valence-corrected chi connectivity index (χ2v) is 8.38. The van der Waals surface area contributed by atoms with Gasteiger partial charge in [0.05, 0.1) is 6.61 Å². The van der Waals surface area contributed by atoms with E-state index in [-0.39, 0.29) is 0 Å². The largest absolute Gasteiger partial charge is 0.377 e. The number of nitrogens with zero attached hydrogens (tertiary/aromatic N) is 2. The summed E-state index contributed by atoms with van der Waals surface area (Å²) in [6.07, 6.45) is 2.59. The molecule has 1 aliphatic carbocycles. The van der Waals surface area contributed by atoms with Gasteiger partial charge in [-0.3, -0.25) is 0 Å². The number of ether oxygens (including phenoxy) is 1. The summed E-state index contributed by atoms with van der Waals surface area (Å²) < 4.78 is 5.90. The number of likely N-dealkylation sites (N-methyl/N-ethyl adjacent to an activating group) is 1. The molecule has 24 heavy (non-hydrogen) atoms. The maximum atomic E-state index is 5.90. The molecule has 1 heterocycles. The molecule has 0 spiro atoms. The second kappa shape index (κ2) is 7.99. The Morgan fingerprint density at radius 3 is 2.42 bits per heavy atom. The lowest BCUT2D eigenvalue weighted by molar-refractivity contribution is -0.0611. The zero-order valence-electron chi connectivity index (χ0n) is 15.7. The first-order valence-corrected chi connectivity index (χ1v) is 9.58. The van der Waals surface area contributed by atoms with Crippen LogP contribution in [0.3, 0.4) is 0 Å². The smallest absolute Gasteiger partial charge is 0.0716 e. The van der Waals surface area contributed by atoms with Gasteiger partial charge in [-0.05, 0) is 42.7 Å². The molecule has 0 N–H and O–H groups in total. The summed E-state index contributed by atoms with van der Waals surface area (Å²) in [5, 5.41) is 0. The molecule has 2 fully saturated rings. The predicted octanol–water partition coefficient (Wildman–Crippen LogP) is 3.50. The highest BCUT2D eigenvalue weighted by Gasteiger charge is 2.47. The van der Waals surface area contributed by atoms with Crippen molar-refractivity contribution in [2.24, 2.45) is 17.3 Å². The SMILES string of the molecule is CN1CCN(C[C@@H]2C[C@H](CCOCc3ccccc3)C2(C)C)CC1. The highest BCUT2D eigenvalue weighted by atomic mass is 16.5. The average Bonchev–Trinajstić information content (AvgIpc) is 2.59. The first-order chi connectivity index (χ1) is 11.6. The van der Waals surface area contributed by atoms with Crippen molar-refractivity contribution in [2.75, 3.05) is 46.4 Å². The zero-order chi connectivity index (χ0) is 17.0. The molecule has 3 nitrogen and oxygen atoms in total. The molecule has 0 radical (unpaired) electrons. The minimum absolute atomic E-state index is 0.472. The van der Waals surface area contributed by atoms with Gasteiger partial charge in [0, 0.05) is 39.3 Å². The molecule has 0 bridgehead atoms. The molecule has 3 rings (SSSR count). The summed E-state index contributed by atoms with van der Waals surface area (Å²) in [5.41, 5.74) is 1.75. The van der Waals surface area contributed by atoms with Gasteiger partial charge in [-0.15, -0.1) is 0 Å². The van der Waals surface area contributed by atoms with Gasteiger partial charge in [-0.2, -0.15) is 0 Å². The third-order valence-corrected chi connectivity index (χ3v) is 6.47. The molecule has 0 amide bonds. The lowest BCUT2D eigenvalue weighted by atomic mass is 9.53. The first kappa shape index (κ1) is 17.9. The van der Waals surface area contributed by atoms with E-state index in [1.807, 2.05) is 0 Å². The Morgan fingerprint density at radius 1 is 1.04 bits per heavy atom. The molecule has 0 unspecified atom stereocenters. The minimum atomic E-state index is 0.472. The van der Waals surface area contributed by atoms with Crippen molar-refractivity contribution in [1.82, 2.24) is 9.80 Å². The Labute approximate surface area is 148 Å². The summed E-state index contributed by atoms with van der Waals surface area (Å²) in [5.74, 6) is 1.69. The molecule has 1 aromatic carbocycles. The van der Waals surface area contributed by atoms with Crippen molar-refractivity contribution in [3.05, 3.63) is 35.9 Å². The molecule has 2 aliphatic rings. The number of hydrogen-bond donors (Lipinski definition) is 0. The number of benzene rings is 1. The van der Waals surface area contributed by atoms with Gasteiger partial charge < -0.3 is 14.5 Å². The molecule has 134 valence electrons. The minimum Gasteiger partial charge on any atom is -0.377 e. The fraction of sp³-hybridized carbons (Fsp3) is 0.714. The van der Waals surface area contributed by atoms with Gasteiger partial charge in [0.2, 0.25) is 0 Å². The van der Waals surface area contributed by atoms with E-state index in [0.29, 0.717) is 5.41 Å². The maximum Gasteiger partial charge on any atom is 0.0716 e. The van der Waals surface area contributed by atoms with Crippen LogP contribution >= 0.6 is 0 Å². The third-order valence-electron chi connectivity index (χ3n) is 6.47. The van der Waals surface area contributed by atoms with Crippen LogP contribution in [0.5, 0.6) is 0 Å². The summed E-state index contributed by atoms with van der Waals surface area (Å²) in [7, 11) is 2.23. The molecule has 3 heteroatoms. The Kier molecular flexibility index (Phi) is 5.96. The monoisotopic (exact) mass is 330 g/mol. The number of rotatable bonds is 7. The molecule has 1 saturated carbocycles. The molecule has 1 aromatic rings. The molecular weight excluding hydrogens is 296 g/mol. The van der Waals surface area contributed by atoms with Crippen LogP contribution in [0, 0.1) is 17.3 Å². The van der Waals surface area contributed by atoms with E-state index in [1.54, 1.807) is 0 Å². The van der Waals surface area contributed by atoms with Crippen LogP contribution in [-0.2, 0) is 11.3 Å². The van der Waals surface area contributed by atoms with Crippen LogP contribution in [0.1, 0.15) is 32.3 Å². The van der Waals surface area contributed by atoms with Crippen LogP contribution in [-0.4, -0.2) is 56.2 Å². The molecule has 0 aromatic heterocycles. The van der Waals surface area contributed by atoms with Crippen LogP contribution in [0.4, 0.5) is 0 Å². The van der Waals surface area contributed by atoms with Gasteiger partial charge in [0.15, 0.2) is 0 Å². The van der Waals surface area contributed by atoms with E-state index >= 15 is 0 Å². The predicted molar refractivity (Wildman–Crippen MR) is 100 cm³/mol. The zero-order valence-corrected chi connectivity index (χ0v) is 15.7. The second-order valence-electron chi connectivity index (χ2n) is 8.38. The summed E-state index contributed by atoms with van der Waals surface area (Å²) in [4.78, 5) is 5.11. The van der Waals surface area contributed by atoms with Crippen molar-refractivity contribution in [1.29, 1.82) is 0 Å². The van der Waals surface area contributed by atoms with Crippen molar-refractivity contribution >= 4 is 0 Å². The molecular formula is C21H34N2O. The fourth-order valence-electron chi connectivity index (χ4n) is 4.26. The Hall–Kier alpha value is -0.900. The van der Waals surface area contributed by atoms with Gasteiger partial charge in [-0.1, -0.05) is 44.2 Å². The van der Waals surface area contributed by atoms with Crippen LogP contribution in [0.25, 0.3) is 0 Å². The normalized spacial score (nSPS) is 27.8. The van der Waals surface area contributed by atoms with E-state index in [9.17, 15) is 0 Å². The third kappa shape index (κ3) is 4.38. The van der Waals surface area contributed by atoms with E-state index in [4.69, 9.17) is 4.74 Å². The highest BCUT2D eigenvalue weighted by molar-refractivity contribution is 5.13. The van der Waals surface area contributed by atoms with Crippen molar-refractivity contribution in [3.8, 4) is 0 Å². The molecule has 2 atom stereocenters. The topological polar surface area (TPSA) is 15.7 Å². The quantitative estimate of drug-likeness (QED) is 0.712. The van der Waals surface area contributed by atoms with E-state index in [1.165, 1.54) is 51.1 Å². The van der Waals surface area contributed by atoms with E-state index < -0.39 is 0 Å². The van der Waals surface area contributed by atoms with Crippen molar-refractivity contribution < 1.29 is 4.74 Å². The fourth-order valence-corrected chi connectivity index (χ4v) is 4.26. The first-order valence-electron chi connectivity index (χ1n) is 9.58. The average molecular weight is 331 g/mol. The number of hydrogen-bond acceptors (Lipinski definition) is 3. The maximum absolute atomic E-state index is 5.90. The van der Waals surface area contributed by atoms with Gasteiger partial charge in [0.1, 0.15) is 0 Å². The lowest BCUT2D eigenvalue weighted by Crippen LogP contribution is -2.53. The van der Waals surface area contributed by atoms with E-state index in [2.05, 4.69) is 61.0 Å². The Balaban J connectivity index is 1.35.